The molecular weight excluding hydrogens is 198 g/mol. The lowest BCUT2D eigenvalue weighted by atomic mass is 10.2. The van der Waals surface area contributed by atoms with Gasteiger partial charge in [0.05, 0.1) is 12.8 Å². The maximum absolute atomic E-state index is 5.28. The Balaban J connectivity index is 2.23. The average molecular weight is 213 g/mol. The Morgan fingerprint density at radius 3 is 2.31 bits per heavy atom. The fourth-order valence-corrected chi connectivity index (χ4v) is 1.54. The average Bonchev–Trinajstić information content (AvgIpc) is 2.33. The van der Waals surface area contributed by atoms with E-state index in [-0.39, 0.29) is 0 Å². The van der Waals surface area contributed by atoms with Crippen molar-refractivity contribution in [1.82, 2.24) is 0 Å². The minimum Gasteiger partial charge on any atom is -0.495 e. The van der Waals surface area contributed by atoms with Gasteiger partial charge >= 0.3 is 0 Å². The van der Waals surface area contributed by atoms with Crippen LogP contribution >= 0.6 is 0 Å². The van der Waals surface area contributed by atoms with Crippen LogP contribution in [0.15, 0.2) is 48.5 Å². The molecule has 0 bridgehead atoms. The fourth-order valence-electron chi connectivity index (χ4n) is 1.54. The molecule has 0 amide bonds. The van der Waals surface area contributed by atoms with E-state index in [1.807, 2.05) is 24.3 Å². The predicted octanol–water partition coefficient (Wildman–Crippen LogP) is 3.75. The predicted molar refractivity (Wildman–Crippen MR) is 67.5 cm³/mol. The summed E-state index contributed by atoms with van der Waals surface area (Å²) in [4.78, 5) is 0. The summed E-state index contributed by atoms with van der Waals surface area (Å²) in [7, 11) is 1.68. The van der Waals surface area contributed by atoms with Gasteiger partial charge in [-0.25, -0.2) is 0 Å². The molecule has 0 radical (unpaired) electrons. The van der Waals surface area contributed by atoms with E-state index in [4.69, 9.17) is 4.74 Å². The third-order valence-corrected chi connectivity index (χ3v) is 2.44. The summed E-state index contributed by atoms with van der Waals surface area (Å²) in [5, 5.41) is 3.33. The molecule has 0 heterocycles. The number of para-hydroxylation sites is 2. The van der Waals surface area contributed by atoms with Crippen molar-refractivity contribution in [3.8, 4) is 5.75 Å². The maximum Gasteiger partial charge on any atom is 0.142 e. The van der Waals surface area contributed by atoms with Gasteiger partial charge in [0.2, 0.25) is 0 Å². The van der Waals surface area contributed by atoms with Gasteiger partial charge in [-0.3, -0.25) is 0 Å². The summed E-state index contributed by atoms with van der Waals surface area (Å²) >= 11 is 0. The molecule has 0 aromatic heterocycles. The molecule has 0 saturated heterocycles. The number of benzene rings is 2. The van der Waals surface area contributed by atoms with Gasteiger partial charge in [-0.2, -0.15) is 0 Å². The van der Waals surface area contributed by atoms with Crippen LogP contribution in [0.25, 0.3) is 0 Å². The van der Waals surface area contributed by atoms with E-state index >= 15 is 0 Å². The lowest BCUT2D eigenvalue weighted by Crippen LogP contribution is -1.93. The largest absolute Gasteiger partial charge is 0.495 e. The third kappa shape index (κ3) is 2.34. The van der Waals surface area contributed by atoms with Gasteiger partial charge < -0.3 is 10.1 Å². The number of ether oxygens (including phenoxy) is 1. The van der Waals surface area contributed by atoms with Crippen molar-refractivity contribution in [1.29, 1.82) is 0 Å². The molecule has 2 rings (SSSR count). The molecule has 2 aromatic rings. The normalized spacial score (nSPS) is 9.88. The monoisotopic (exact) mass is 213 g/mol. The molecule has 0 aliphatic heterocycles. The summed E-state index contributed by atoms with van der Waals surface area (Å²) < 4.78 is 5.28. The third-order valence-electron chi connectivity index (χ3n) is 2.44. The van der Waals surface area contributed by atoms with Crippen LogP contribution in [0, 0.1) is 6.92 Å². The van der Waals surface area contributed by atoms with Crippen LogP contribution in [0.1, 0.15) is 5.56 Å². The minimum atomic E-state index is 0.850. The molecule has 0 atom stereocenters. The second kappa shape index (κ2) is 4.71. The Morgan fingerprint density at radius 2 is 1.62 bits per heavy atom. The zero-order valence-corrected chi connectivity index (χ0v) is 9.53. The van der Waals surface area contributed by atoms with Crippen molar-refractivity contribution in [2.75, 3.05) is 12.4 Å². The van der Waals surface area contributed by atoms with Gasteiger partial charge in [0.25, 0.3) is 0 Å². The number of aryl methyl sites for hydroxylation is 1. The standard InChI is InChI=1S/C14H15NO/c1-11-7-9-12(10-8-11)15-13-5-3-4-6-14(13)16-2/h3-10,15H,1-2H3. The highest BCUT2D eigenvalue weighted by atomic mass is 16.5. The van der Waals surface area contributed by atoms with Gasteiger partial charge in [-0.1, -0.05) is 29.8 Å². The summed E-state index contributed by atoms with van der Waals surface area (Å²) in [6.45, 7) is 2.08. The Kier molecular flexibility index (Phi) is 3.10. The molecule has 0 unspecified atom stereocenters. The van der Waals surface area contributed by atoms with Crippen LogP contribution in [-0.2, 0) is 0 Å². The molecule has 0 aliphatic carbocycles. The number of nitrogens with one attached hydrogen (secondary N) is 1. The van der Waals surface area contributed by atoms with Crippen LogP contribution in [-0.4, -0.2) is 7.11 Å². The number of hydrogen-bond donors (Lipinski definition) is 1. The minimum absolute atomic E-state index is 0.850. The molecule has 82 valence electrons. The van der Waals surface area contributed by atoms with Crippen molar-refractivity contribution in [2.24, 2.45) is 0 Å². The summed E-state index contributed by atoms with van der Waals surface area (Å²) in [5.74, 6) is 0.850. The highest BCUT2D eigenvalue weighted by Gasteiger charge is 2.00. The van der Waals surface area contributed by atoms with Crippen molar-refractivity contribution in [2.45, 2.75) is 6.92 Å². The van der Waals surface area contributed by atoms with E-state index in [9.17, 15) is 0 Å². The van der Waals surface area contributed by atoms with E-state index in [1.54, 1.807) is 7.11 Å². The Bertz CT molecular complexity index is 462. The fraction of sp³-hybridized carbons (Fsp3) is 0.143. The first-order chi connectivity index (χ1) is 7.79. The first-order valence-electron chi connectivity index (χ1n) is 5.26. The molecule has 0 aliphatic rings. The van der Waals surface area contributed by atoms with Gasteiger partial charge in [0, 0.05) is 5.69 Å². The highest BCUT2D eigenvalue weighted by molar-refractivity contribution is 5.66. The lowest BCUT2D eigenvalue weighted by Gasteiger charge is -2.10. The number of rotatable bonds is 3. The van der Waals surface area contributed by atoms with Crippen molar-refractivity contribution >= 4 is 11.4 Å². The van der Waals surface area contributed by atoms with Crippen molar-refractivity contribution < 1.29 is 4.74 Å². The number of hydrogen-bond acceptors (Lipinski definition) is 2. The SMILES string of the molecule is COc1ccccc1Nc1ccc(C)cc1. The molecule has 1 N–H and O–H groups in total. The Morgan fingerprint density at radius 1 is 0.938 bits per heavy atom. The Labute approximate surface area is 95.9 Å². The summed E-state index contributed by atoms with van der Waals surface area (Å²) in [6, 6.07) is 16.2. The van der Waals surface area contributed by atoms with Crippen molar-refractivity contribution in [3.63, 3.8) is 0 Å². The molecule has 16 heavy (non-hydrogen) atoms. The van der Waals surface area contributed by atoms with Crippen LogP contribution in [0.4, 0.5) is 11.4 Å². The van der Waals surface area contributed by atoms with Crippen LogP contribution in [0.3, 0.4) is 0 Å². The molecule has 2 nitrogen and oxygen atoms in total. The maximum atomic E-state index is 5.28. The zero-order valence-electron chi connectivity index (χ0n) is 9.53. The van der Waals surface area contributed by atoms with Crippen LogP contribution < -0.4 is 10.1 Å². The van der Waals surface area contributed by atoms with Gasteiger partial charge in [0.15, 0.2) is 0 Å². The zero-order chi connectivity index (χ0) is 11.4. The van der Waals surface area contributed by atoms with Gasteiger partial charge in [-0.05, 0) is 31.2 Å². The van der Waals surface area contributed by atoms with E-state index in [0.29, 0.717) is 0 Å². The first kappa shape index (κ1) is 10.6. The van der Waals surface area contributed by atoms with Gasteiger partial charge in [-0.15, -0.1) is 0 Å². The van der Waals surface area contributed by atoms with Crippen molar-refractivity contribution in [3.05, 3.63) is 54.1 Å². The van der Waals surface area contributed by atoms with E-state index < -0.39 is 0 Å². The molecule has 0 spiro atoms. The highest BCUT2D eigenvalue weighted by Crippen LogP contribution is 2.26. The summed E-state index contributed by atoms with van der Waals surface area (Å²) in [5.41, 5.74) is 3.30. The first-order valence-corrected chi connectivity index (χ1v) is 5.26. The molecule has 2 aromatic carbocycles. The Hall–Kier alpha value is -1.96. The van der Waals surface area contributed by atoms with Gasteiger partial charge in [0.1, 0.15) is 5.75 Å². The van der Waals surface area contributed by atoms with Crippen LogP contribution in [0.5, 0.6) is 5.75 Å². The quantitative estimate of drug-likeness (QED) is 0.838. The van der Waals surface area contributed by atoms with E-state index in [1.165, 1.54) is 5.56 Å². The molecule has 2 heteroatoms. The number of anilines is 2. The molecular formula is C14H15NO. The molecule has 0 saturated carbocycles. The second-order valence-electron chi connectivity index (χ2n) is 3.69. The van der Waals surface area contributed by atoms with E-state index in [2.05, 4.69) is 36.5 Å². The van der Waals surface area contributed by atoms with E-state index in [0.717, 1.165) is 17.1 Å². The number of methoxy groups -OCH3 is 1. The summed E-state index contributed by atoms with van der Waals surface area (Å²) in [6.07, 6.45) is 0. The van der Waals surface area contributed by atoms with Crippen LogP contribution in [0.2, 0.25) is 0 Å². The lowest BCUT2D eigenvalue weighted by molar-refractivity contribution is 0.417. The smallest absolute Gasteiger partial charge is 0.142 e. The topological polar surface area (TPSA) is 21.3 Å². The second-order valence-corrected chi connectivity index (χ2v) is 3.69. The molecule has 0 fully saturated rings.